The lowest BCUT2D eigenvalue weighted by molar-refractivity contribution is 0.508. The van der Waals surface area contributed by atoms with Gasteiger partial charge >= 0.3 is 0 Å². The monoisotopic (exact) mass is 209 g/mol. The molecule has 0 radical (unpaired) electrons. The van der Waals surface area contributed by atoms with Gasteiger partial charge in [-0.25, -0.2) is 13.8 Å². The molecule has 0 saturated carbocycles. The lowest BCUT2D eigenvalue weighted by Crippen LogP contribution is -1.93. The van der Waals surface area contributed by atoms with Crippen molar-refractivity contribution in [3.63, 3.8) is 0 Å². The van der Waals surface area contributed by atoms with E-state index in [1.165, 1.54) is 11.0 Å². The quantitative estimate of drug-likeness (QED) is 0.719. The van der Waals surface area contributed by atoms with Crippen molar-refractivity contribution in [1.29, 1.82) is 0 Å². The van der Waals surface area contributed by atoms with Crippen LogP contribution in [0.5, 0.6) is 0 Å². The van der Waals surface area contributed by atoms with E-state index < -0.39 is 11.6 Å². The molecule has 0 atom stereocenters. The van der Waals surface area contributed by atoms with Gasteiger partial charge in [0.2, 0.25) is 0 Å². The van der Waals surface area contributed by atoms with Crippen molar-refractivity contribution in [3.05, 3.63) is 35.7 Å². The Hall–Kier alpha value is -1.78. The maximum Gasteiger partial charge on any atom is 0.181 e. The highest BCUT2D eigenvalue weighted by molar-refractivity contribution is 5.59. The van der Waals surface area contributed by atoms with Gasteiger partial charge in [0.05, 0.1) is 0 Å². The largest absolute Gasteiger partial charge is 0.255 e. The van der Waals surface area contributed by atoms with Crippen molar-refractivity contribution in [2.75, 3.05) is 0 Å². The van der Waals surface area contributed by atoms with Crippen LogP contribution in [0.4, 0.5) is 8.78 Å². The van der Waals surface area contributed by atoms with Crippen molar-refractivity contribution in [1.82, 2.24) is 14.8 Å². The van der Waals surface area contributed by atoms with E-state index in [-0.39, 0.29) is 0 Å². The highest BCUT2D eigenvalue weighted by atomic mass is 19.2. The van der Waals surface area contributed by atoms with E-state index in [2.05, 4.69) is 10.1 Å². The second-order valence-electron chi connectivity index (χ2n) is 3.32. The van der Waals surface area contributed by atoms with Gasteiger partial charge < -0.3 is 0 Å². The van der Waals surface area contributed by atoms with Crippen LogP contribution < -0.4 is 0 Å². The molecule has 15 heavy (non-hydrogen) atoms. The molecule has 1 aromatic heterocycles. The summed E-state index contributed by atoms with van der Waals surface area (Å²) in [6, 6.07) is 2.25. The van der Waals surface area contributed by atoms with Crippen molar-refractivity contribution in [2.24, 2.45) is 7.05 Å². The first-order valence-corrected chi connectivity index (χ1v) is 4.39. The number of nitrogens with zero attached hydrogens (tertiary/aromatic N) is 3. The fourth-order valence-corrected chi connectivity index (χ4v) is 1.35. The van der Waals surface area contributed by atoms with Gasteiger partial charge in [-0.2, -0.15) is 5.10 Å². The molecule has 0 fully saturated rings. The lowest BCUT2D eigenvalue weighted by atomic mass is 10.1. The zero-order valence-electron chi connectivity index (χ0n) is 8.33. The Morgan fingerprint density at radius 3 is 2.47 bits per heavy atom. The second-order valence-corrected chi connectivity index (χ2v) is 3.32. The predicted octanol–water partition coefficient (Wildman–Crippen LogP) is 2.07. The van der Waals surface area contributed by atoms with Gasteiger partial charge in [-0.1, -0.05) is 0 Å². The van der Waals surface area contributed by atoms with Gasteiger partial charge in [-0.05, 0) is 24.6 Å². The van der Waals surface area contributed by atoms with Crippen molar-refractivity contribution >= 4 is 0 Å². The van der Waals surface area contributed by atoms with E-state index in [9.17, 15) is 8.78 Å². The van der Waals surface area contributed by atoms with Crippen LogP contribution in [-0.4, -0.2) is 14.8 Å². The number of benzene rings is 1. The molecule has 2 rings (SSSR count). The first-order chi connectivity index (χ1) is 7.08. The van der Waals surface area contributed by atoms with Crippen molar-refractivity contribution in [3.8, 4) is 11.4 Å². The zero-order chi connectivity index (χ0) is 11.0. The molecule has 0 unspecified atom stereocenters. The SMILES string of the molecule is Cc1cc(F)c(F)cc1-c1ncn(C)n1. The summed E-state index contributed by atoms with van der Waals surface area (Å²) >= 11 is 0. The molecule has 5 heteroatoms. The molecule has 0 saturated heterocycles. The Balaban J connectivity index is 2.58. The molecule has 0 bridgehead atoms. The summed E-state index contributed by atoms with van der Waals surface area (Å²) < 4.78 is 27.4. The van der Waals surface area contributed by atoms with Crippen LogP contribution in [-0.2, 0) is 7.05 Å². The average Bonchev–Trinajstić information content (AvgIpc) is 2.58. The Kier molecular flexibility index (Phi) is 2.22. The third-order valence-corrected chi connectivity index (χ3v) is 2.11. The number of rotatable bonds is 1. The van der Waals surface area contributed by atoms with Crippen molar-refractivity contribution < 1.29 is 8.78 Å². The van der Waals surface area contributed by atoms with Gasteiger partial charge in [-0.15, -0.1) is 0 Å². The summed E-state index contributed by atoms with van der Waals surface area (Å²) in [7, 11) is 1.71. The fraction of sp³-hybridized carbons (Fsp3) is 0.200. The number of hydrogen-bond donors (Lipinski definition) is 0. The Morgan fingerprint density at radius 1 is 1.20 bits per heavy atom. The van der Waals surface area contributed by atoms with E-state index in [1.807, 2.05) is 0 Å². The van der Waals surface area contributed by atoms with E-state index >= 15 is 0 Å². The van der Waals surface area contributed by atoms with Gasteiger partial charge in [0.1, 0.15) is 6.33 Å². The van der Waals surface area contributed by atoms with Gasteiger partial charge in [0.25, 0.3) is 0 Å². The molecule has 0 N–H and O–H groups in total. The van der Waals surface area contributed by atoms with Crippen LogP contribution >= 0.6 is 0 Å². The normalized spacial score (nSPS) is 10.7. The molecular formula is C10H9F2N3. The van der Waals surface area contributed by atoms with Crippen LogP contribution in [0.3, 0.4) is 0 Å². The third kappa shape index (κ3) is 1.72. The number of hydrogen-bond acceptors (Lipinski definition) is 2. The van der Waals surface area contributed by atoms with Crippen LogP contribution in [0.25, 0.3) is 11.4 Å². The van der Waals surface area contributed by atoms with E-state index in [1.54, 1.807) is 14.0 Å². The van der Waals surface area contributed by atoms with Crippen LogP contribution in [0.1, 0.15) is 5.56 Å². The number of aryl methyl sites for hydroxylation is 2. The predicted molar refractivity (Wildman–Crippen MR) is 51.1 cm³/mol. The molecule has 2 aromatic rings. The molecule has 0 aliphatic heterocycles. The second kappa shape index (κ2) is 3.42. The summed E-state index contributed by atoms with van der Waals surface area (Å²) in [6.45, 7) is 1.69. The standard InChI is InChI=1S/C10H9F2N3/c1-6-3-8(11)9(12)4-7(6)10-13-5-15(2)14-10/h3-5H,1-2H3. The minimum absolute atomic E-state index is 0.397. The topological polar surface area (TPSA) is 30.7 Å². The van der Waals surface area contributed by atoms with E-state index in [0.717, 1.165) is 12.1 Å². The summed E-state index contributed by atoms with van der Waals surface area (Å²) in [6.07, 6.45) is 1.51. The highest BCUT2D eigenvalue weighted by Gasteiger charge is 2.11. The Labute approximate surface area is 85.4 Å². The maximum atomic E-state index is 13.0. The zero-order valence-corrected chi connectivity index (χ0v) is 8.33. The molecule has 0 amide bonds. The smallest absolute Gasteiger partial charge is 0.181 e. The summed E-state index contributed by atoms with van der Waals surface area (Å²) in [5, 5.41) is 4.03. The van der Waals surface area contributed by atoms with Gasteiger partial charge in [-0.3, -0.25) is 4.68 Å². The summed E-state index contributed by atoms with van der Waals surface area (Å²) in [5.74, 6) is -1.34. The van der Waals surface area contributed by atoms with Crippen LogP contribution in [0.2, 0.25) is 0 Å². The minimum Gasteiger partial charge on any atom is -0.255 e. The minimum atomic E-state index is -0.886. The average molecular weight is 209 g/mol. The first kappa shape index (κ1) is 9.76. The summed E-state index contributed by atoms with van der Waals surface area (Å²) in [4.78, 5) is 3.98. The lowest BCUT2D eigenvalue weighted by Gasteiger charge is -2.02. The Bertz CT molecular complexity index is 505. The van der Waals surface area contributed by atoms with Gasteiger partial charge in [0.15, 0.2) is 17.5 Å². The fourth-order valence-electron chi connectivity index (χ4n) is 1.35. The highest BCUT2D eigenvalue weighted by Crippen LogP contribution is 2.22. The van der Waals surface area contributed by atoms with E-state index in [0.29, 0.717) is 17.0 Å². The van der Waals surface area contributed by atoms with Crippen LogP contribution in [0, 0.1) is 18.6 Å². The molecule has 3 nitrogen and oxygen atoms in total. The van der Waals surface area contributed by atoms with Crippen LogP contribution in [0.15, 0.2) is 18.5 Å². The molecular weight excluding hydrogens is 200 g/mol. The molecule has 0 aliphatic rings. The number of aromatic nitrogens is 3. The molecule has 1 heterocycles. The molecule has 1 aromatic carbocycles. The Morgan fingerprint density at radius 2 is 1.87 bits per heavy atom. The maximum absolute atomic E-state index is 13.0. The molecule has 78 valence electrons. The van der Waals surface area contributed by atoms with E-state index in [4.69, 9.17) is 0 Å². The van der Waals surface area contributed by atoms with Crippen molar-refractivity contribution in [2.45, 2.75) is 6.92 Å². The third-order valence-electron chi connectivity index (χ3n) is 2.11. The van der Waals surface area contributed by atoms with Gasteiger partial charge in [0, 0.05) is 12.6 Å². The first-order valence-electron chi connectivity index (χ1n) is 4.39. The molecule has 0 aliphatic carbocycles. The molecule has 0 spiro atoms. The summed E-state index contributed by atoms with van der Waals surface area (Å²) in [5.41, 5.74) is 1.12. The number of halogens is 2.